The third-order valence-corrected chi connectivity index (χ3v) is 2.72. The third-order valence-electron chi connectivity index (χ3n) is 2.72. The van der Waals surface area contributed by atoms with Gasteiger partial charge in [-0.3, -0.25) is 0 Å². The number of hydrogen-bond acceptors (Lipinski definition) is 3. The first-order valence-electron chi connectivity index (χ1n) is 6.39. The number of anilines is 1. The smallest absolute Gasteiger partial charge is 0.223 e. The molecule has 1 aromatic carbocycles. The fourth-order valence-electron chi connectivity index (χ4n) is 1.82. The molecule has 7 nitrogen and oxygen atoms in total. The van der Waals surface area contributed by atoms with Crippen LogP contribution in [-0.2, 0) is 0 Å². The van der Waals surface area contributed by atoms with Gasteiger partial charge in [-0.05, 0) is 31.2 Å². The summed E-state index contributed by atoms with van der Waals surface area (Å²) in [6.45, 7) is 1.98. The molecule has 1 heterocycles. The first kappa shape index (κ1) is 14.4. The van der Waals surface area contributed by atoms with E-state index < -0.39 is 0 Å². The summed E-state index contributed by atoms with van der Waals surface area (Å²) in [5.41, 5.74) is 17.6. The van der Waals surface area contributed by atoms with Crippen molar-refractivity contribution in [3.63, 3.8) is 0 Å². The van der Waals surface area contributed by atoms with Crippen molar-refractivity contribution in [2.45, 2.75) is 13.0 Å². The lowest BCUT2D eigenvalue weighted by Crippen LogP contribution is -2.26. The number of aliphatic imine (C=N–C) groups is 2. The summed E-state index contributed by atoms with van der Waals surface area (Å²) in [5, 5.41) is 3.30. The van der Waals surface area contributed by atoms with Crippen LogP contribution in [0.1, 0.15) is 18.7 Å². The number of nitrogens with two attached hydrogens (primary N) is 3. The van der Waals surface area contributed by atoms with Crippen molar-refractivity contribution in [2.24, 2.45) is 27.2 Å². The standard InChI is InChI=1S/C14H18N6O/c1-9(12-7-4-8-21-12)18-10-5-2-3-6-11(10)19-14(17)20-13(15)16/h2-9,18H,1H3,(H6,15,16,17,19,20). The van der Waals surface area contributed by atoms with E-state index >= 15 is 0 Å². The molecule has 0 aliphatic carbocycles. The molecule has 0 spiro atoms. The Morgan fingerprint density at radius 3 is 2.57 bits per heavy atom. The Bertz CT molecular complexity index is 643. The Labute approximate surface area is 122 Å². The van der Waals surface area contributed by atoms with Crippen LogP contribution in [0.2, 0.25) is 0 Å². The number of rotatable bonds is 4. The van der Waals surface area contributed by atoms with E-state index in [1.807, 2.05) is 43.3 Å². The molecule has 0 aliphatic rings. The van der Waals surface area contributed by atoms with Gasteiger partial charge < -0.3 is 26.9 Å². The van der Waals surface area contributed by atoms with Crippen molar-refractivity contribution in [2.75, 3.05) is 5.32 Å². The number of para-hydroxylation sites is 2. The van der Waals surface area contributed by atoms with Gasteiger partial charge in [-0.1, -0.05) is 12.1 Å². The van der Waals surface area contributed by atoms with Gasteiger partial charge in [-0.25, -0.2) is 4.99 Å². The Kier molecular flexibility index (Phi) is 4.45. The van der Waals surface area contributed by atoms with Crippen molar-refractivity contribution in [1.29, 1.82) is 0 Å². The number of nitrogens with one attached hydrogen (secondary N) is 1. The van der Waals surface area contributed by atoms with Crippen LogP contribution in [0.25, 0.3) is 0 Å². The second-order valence-electron chi connectivity index (χ2n) is 4.41. The van der Waals surface area contributed by atoms with Gasteiger partial charge in [0.2, 0.25) is 5.96 Å². The van der Waals surface area contributed by atoms with Crippen molar-refractivity contribution in [3.05, 3.63) is 48.4 Å². The monoisotopic (exact) mass is 286 g/mol. The van der Waals surface area contributed by atoms with E-state index in [0.29, 0.717) is 5.69 Å². The van der Waals surface area contributed by atoms with Crippen LogP contribution in [0, 0.1) is 0 Å². The molecule has 0 amide bonds. The number of hydrogen-bond donors (Lipinski definition) is 4. The molecular weight excluding hydrogens is 268 g/mol. The SMILES string of the molecule is CC(Nc1ccccc1N=C(N)N=C(N)N)c1ccco1. The van der Waals surface area contributed by atoms with Gasteiger partial charge >= 0.3 is 0 Å². The highest BCUT2D eigenvalue weighted by Gasteiger charge is 2.10. The molecule has 0 saturated heterocycles. The van der Waals surface area contributed by atoms with Crippen molar-refractivity contribution < 1.29 is 4.42 Å². The third kappa shape index (κ3) is 4.00. The maximum Gasteiger partial charge on any atom is 0.223 e. The highest BCUT2D eigenvalue weighted by atomic mass is 16.3. The lowest BCUT2D eigenvalue weighted by Gasteiger charge is -2.14. The molecule has 7 heteroatoms. The van der Waals surface area contributed by atoms with E-state index in [4.69, 9.17) is 21.6 Å². The van der Waals surface area contributed by atoms with Crippen LogP contribution in [0.3, 0.4) is 0 Å². The number of nitrogens with zero attached hydrogens (tertiary/aromatic N) is 2. The van der Waals surface area contributed by atoms with Crippen LogP contribution in [-0.4, -0.2) is 11.9 Å². The van der Waals surface area contributed by atoms with E-state index in [0.717, 1.165) is 11.4 Å². The normalized spacial score (nSPS) is 12.7. The molecule has 0 fully saturated rings. The first-order valence-corrected chi connectivity index (χ1v) is 6.39. The summed E-state index contributed by atoms with van der Waals surface area (Å²) in [5.74, 6) is 0.687. The Hall–Kier alpha value is -2.96. The topological polar surface area (TPSA) is 128 Å². The minimum absolute atomic E-state index is 0.00472. The van der Waals surface area contributed by atoms with E-state index in [1.165, 1.54) is 0 Å². The Balaban J connectivity index is 2.23. The average molecular weight is 286 g/mol. The number of furan rings is 1. The van der Waals surface area contributed by atoms with Gasteiger partial charge in [0.1, 0.15) is 5.76 Å². The average Bonchev–Trinajstić information content (AvgIpc) is 2.94. The van der Waals surface area contributed by atoms with Crippen LogP contribution in [0.5, 0.6) is 0 Å². The quantitative estimate of drug-likeness (QED) is 0.502. The lowest BCUT2D eigenvalue weighted by atomic mass is 10.2. The summed E-state index contributed by atoms with van der Waals surface area (Å²) in [6.07, 6.45) is 1.63. The maximum absolute atomic E-state index is 5.66. The zero-order valence-electron chi connectivity index (χ0n) is 11.7. The minimum atomic E-state index is -0.134. The lowest BCUT2D eigenvalue weighted by molar-refractivity contribution is 0.490. The Morgan fingerprint density at radius 1 is 1.14 bits per heavy atom. The predicted octanol–water partition coefficient (Wildman–Crippen LogP) is 1.67. The van der Waals surface area contributed by atoms with E-state index in [2.05, 4.69) is 15.3 Å². The molecule has 2 aromatic rings. The van der Waals surface area contributed by atoms with E-state index in [1.54, 1.807) is 6.26 Å². The summed E-state index contributed by atoms with van der Waals surface area (Å²) in [7, 11) is 0. The summed E-state index contributed by atoms with van der Waals surface area (Å²) in [4.78, 5) is 7.88. The van der Waals surface area contributed by atoms with Crippen LogP contribution in [0.4, 0.5) is 11.4 Å². The van der Waals surface area contributed by atoms with Gasteiger partial charge in [0.15, 0.2) is 5.96 Å². The molecule has 0 aliphatic heterocycles. The first-order chi connectivity index (χ1) is 10.1. The zero-order valence-corrected chi connectivity index (χ0v) is 11.7. The fourth-order valence-corrected chi connectivity index (χ4v) is 1.82. The molecule has 21 heavy (non-hydrogen) atoms. The van der Waals surface area contributed by atoms with Crippen molar-refractivity contribution in [1.82, 2.24) is 0 Å². The summed E-state index contributed by atoms with van der Waals surface area (Å²) < 4.78 is 5.36. The second-order valence-corrected chi connectivity index (χ2v) is 4.41. The predicted molar refractivity (Wildman–Crippen MR) is 84.3 cm³/mol. The van der Waals surface area contributed by atoms with Crippen molar-refractivity contribution >= 4 is 23.3 Å². The number of benzene rings is 1. The molecule has 0 bridgehead atoms. The van der Waals surface area contributed by atoms with E-state index in [-0.39, 0.29) is 18.0 Å². The highest BCUT2D eigenvalue weighted by molar-refractivity contribution is 5.94. The molecule has 0 saturated carbocycles. The van der Waals surface area contributed by atoms with E-state index in [9.17, 15) is 0 Å². The second kappa shape index (κ2) is 6.47. The van der Waals surface area contributed by atoms with Gasteiger partial charge in [-0.15, -0.1) is 0 Å². The molecular formula is C14H18N6O. The summed E-state index contributed by atoms with van der Waals surface area (Å²) in [6, 6.07) is 11.2. The largest absolute Gasteiger partial charge is 0.467 e. The van der Waals surface area contributed by atoms with Crippen LogP contribution in [0.15, 0.2) is 57.1 Å². The zero-order chi connectivity index (χ0) is 15.2. The van der Waals surface area contributed by atoms with Crippen LogP contribution < -0.4 is 22.5 Å². The molecule has 1 unspecified atom stereocenters. The molecule has 2 rings (SSSR count). The minimum Gasteiger partial charge on any atom is -0.467 e. The summed E-state index contributed by atoms with van der Waals surface area (Å²) >= 11 is 0. The molecule has 7 N–H and O–H groups in total. The van der Waals surface area contributed by atoms with Crippen LogP contribution >= 0.6 is 0 Å². The van der Waals surface area contributed by atoms with Gasteiger partial charge in [0.05, 0.1) is 23.7 Å². The van der Waals surface area contributed by atoms with Gasteiger partial charge in [0, 0.05) is 0 Å². The maximum atomic E-state index is 5.66. The van der Waals surface area contributed by atoms with Gasteiger partial charge in [-0.2, -0.15) is 4.99 Å². The molecule has 0 radical (unpaired) electrons. The molecule has 1 atom stereocenters. The Morgan fingerprint density at radius 2 is 1.90 bits per heavy atom. The van der Waals surface area contributed by atoms with Crippen molar-refractivity contribution in [3.8, 4) is 0 Å². The molecule has 110 valence electrons. The fraction of sp³-hybridized carbons (Fsp3) is 0.143. The molecule has 1 aromatic heterocycles. The number of guanidine groups is 2. The highest BCUT2D eigenvalue weighted by Crippen LogP contribution is 2.28. The van der Waals surface area contributed by atoms with Gasteiger partial charge in [0.25, 0.3) is 0 Å².